The summed E-state index contributed by atoms with van der Waals surface area (Å²) in [6.07, 6.45) is 3.49. The van der Waals surface area contributed by atoms with E-state index in [0.717, 1.165) is 12.8 Å². The van der Waals surface area contributed by atoms with Gasteiger partial charge in [0.2, 0.25) is 0 Å². The number of amides is 1. The number of aliphatic hydroxyl groups is 1. The van der Waals surface area contributed by atoms with Crippen LogP contribution in [0.15, 0.2) is 54.6 Å². The SMILES string of the molecule is O=C(Nc1ccccc1OC1CCCC1)C(O)c1ccccc1. The largest absolute Gasteiger partial charge is 0.488 e. The molecule has 1 atom stereocenters. The van der Waals surface area contributed by atoms with Crippen LogP contribution in [0.3, 0.4) is 0 Å². The van der Waals surface area contributed by atoms with Gasteiger partial charge in [-0.3, -0.25) is 4.79 Å². The van der Waals surface area contributed by atoms with Crippen LogP contribution in [0.1, 0.15) is 37.4 Å². The molecule has 0 saturated heterocycles. The number of hydrogen-bond donors (Lipinski definition) is 2. The number of anilines is 1. The molecule has 120 valence electrons. The van der Waals surface area contributed by atoms with Crippen LogP contribution < -0.4 is 10.1 Å². The standard InChI is InChI=1S/C19H21NO3/c21-18(14-8-2-1-3-9-14)19(22)20-16-12-6-7-13-17(16)23-15-10-4-5-11-15/h1-3,6-9,12-13,15,18,21H,4-5,10-11H2,(H,20,22). The lowest BCUT2D eigenvalue weighted by atomic mass is 10.1. The van der Waals surface area contributed by atoms with E-state index in [2.05, 4.69) is 5.32 Å². The highest BCUT2D eigenvalue weighted by Gasteiger charge is 2.21. The number of aliphatic hydroxyl groups excluding tert-OH is 1. The van der Waals surface area contributed by atoms with Gasteiger partial charge in [-0.2, -0.15) is 0 Å². The van der Waals surface area contributed by atoms with Gasteiger partial charge in [0.1, 0.15) is 5.75 Å². The fourth-order valence-electron chi connectivity index (χ4n) is 2.85. The number of ether oxygens (including phenoxy) is 1. The molecule has 3 rings (SSSR count). The van der Waals surface area contributed by atoms with Crippen LogP contribution >= 0.6 is 0 Å². The second-order valence-corrected chi connectivity index (χ2v) is 5.82. The Morgan fingerprint density at radius 1 is 1.04 bits per heavy atom. The summed E-state index contributed by atoms with van der Waals surface area (Å²) in [6, 6.07) is 16.3. The summed E-state index contributed by atoms with van der Waals surface area (Å²) in [5.74, 6) is 0.201. The van der Waals surface area contributed by atoms with Gasteiger partial charge in [0.15, 0.2) is 6.10 Å². The Kier molecular flexibility index (Phi) is 4.93. The Morgan fingerprint density at radius 2 is 1.70 bits per heavy atom. The van der Waals surface area contributed by atoms with E-state index < -0.39 is 12.0 Å². The first-order valence-corrected chi connectivity index (χ1v) is 8.03. The summed E-state index contributed by atoms with van der Waals surface area (Å²) in [5.41, 5.74) is 1.17. The minimum atomic E-state index is -1.20. The van der Waals surface area contributed by atoms with Crippen molar-refractivity contribution in [2.24, 2.45) is 0 Å². The van der Waals surface area contributed by atoms with Crippen molar-refractivity contribution in [3.8, 4) is 5.75 Å². The molecular formula is C19H21NO3. The van der Waals surface area contributed by atoms with Crippen molar-refractivity contribution in [1.29, 1.82) is 0 Å². The molecule has 4 nitrogen and oxygen atoms in total. The highest BCUT2D eigenvalue weighted by molar-refractivity contribution is 5.95. The lowest BCUT2D eigenvalue weighted by Crippen LogP contribution is -2.21. The molecule has 0 heterocycles. The van der Waals surface area contributed by atoms with Crippen molar-refractivity contribution in [2.75, 3.05) is 5.32 Å². The molecule has 1 aliphatic rings. The lowest BCUT2D eigenvalue weighted by Gasteiger charge is -2.18. The topological polar surface area (TPSA) is 58.6 Å². The fourth-order valence-corrected chi connectivity index (χ4v) is 2.85. The molecule has 2 aromatic rings. The highest BCUT2D eigenvalue weighted by atomic mass is 16.5. The van der Waals surface area contributed by atoms with Gasteiger partial charge < -0.3 is 15.2 Å². The van der Waals surface area contributed by atoms with Crippen molar-refractivity contribution in [3.05, 3.63) is 60.2 Å². The number of para-hydroxylation sites is 2. The van der Waals surface area contributed by atoms with Crippen molar-refractivity contribution in [2.45, 2.75) is 37.9 Å². The van der Waals surface area contributed by atoms with E-state index >= 15 is 0 Å². The molecule has 1 unspecified atom stereocenters. The quantitative estimate of drug-likeness (QED) is 0.885. The monoisotopic (exact) mass is 311 g/mol. The summed E-state index contributed by atoms with van der Waals surface area (Å²) in [5, 5.41) is 12.9. The number of carbonyl (C=O) groups excluding carboxylic acids is 1. The van der Waals surface area contributed by atoms with E-state index in [1.807, 2.05) is 24.3 Å². The summed E-state index contributed by atoms with van der Waals surface area (Å²) in [4.78, 5) is 12.3. The van der Waals surface area contributed by atoms with Crippen LogP contribution in [0.2, 0.25) is 0 Å². The summed E-state index contributed by atoms with van der Waals surface area (Å²) in [7, 11) is 0. The second-order valence-electron chi connectivity index (χ2n) is 5.82. The van der Waals surface area contributed by atoms with Gasteiger partial charge >= 0.3 is 0 Å². The molecule has 0 aromatic heterocycles. The van der Waals surface area contributed by atoms with Crippen molar-refractivity contribution in [1.82, 2.24) is 0 Å². The molecule has 1 saturated carbocycles. The van der Waals surface area contributed by atoms with Gasteiger partial charge in [-0.25, -0.2) is 0 Å². The number of nitrogens with one attached hydrogen (secondary N) is 1. The highest BCUT2D eigenvalue weighted by Crippen LogP contribution is 2.30. The van der Waals surface area contributed by atoms with E-state index in [9.17, 15) is 9.90 Å². The Balaban J connectivity index is 1.70. The molecule has 0 bridgehead atoms. The molecule has 1 amide bonds. The van der Waals surface area contributed by atoms with Crippen LogP contribution in [0, 0.1) is 0 Å². The van der Waals surface area contributed by atoms with E-state index in [-0.39, 0.29) is 6.10 Å². The zero-order valence-corrected chi connectivity index (χ0v) is 12.9. The average molecular weight is 311 g/mol. The molecular weight excluding hydrogens is 290 g/mol. The fraction of sp³-hybridized carbons (Fsp3) is 0.316. The molecule has 2 aromatic carbocycles. The van der Waals surface area contributed by atoms with Gasteiger partial charge in [0.25, 0.3) is 5.91 Å². The maximum Gasteiger partial charge on any atom is 0.257 e. The third kappa shape index (κ3) is 3.90. The van der Waals surface area contributed by atoms with Gasteiger partial charge in [0, 0.05) is 0 Å². The summed E-state index contributed by atoms with van der Waals surface area (Å²) >= 11 is 0. The van der Waals surface area contributed by atoms with E-state index in [1.165, 1.54) is 12.8 Å². The number of hydrogen-bond acceptors (Lipinski definition) is 3. The molecule has 2 N–H and O–H groups in total. The molecule has 0 spiro atoms. The van der Waals surface area contributed by atoms with Crippen molar-refractivity contribution in [3.63, 3.8) is 0 Å². The summed E-state index contributed by atoms with van der Waals surface area (Å²) < 4.78 is 6.00. The van der Waals surface area contributed by atoms with Crippen LogP contribution in [0.4, 0.5) is 5.69 Å². The Morgan fingerprint density at radius 3 is 2.43 bits per heavy atom. The number of rotatable bonds is 5. The molecule has 23 heavy (non-hydrogen) atoms. The van der Waals surface area contributed by atoms with Crippen molar-refractivity contribution < 1.29 is 14.6 Å². The van der Waals surface area contributed by atoms with Crippen LogP contribution in [-0.4, -0.2) is 17.1 Å². The Hall–Kier alpha value is -2.33. The Labute approximate surface area is 136 Å². The van der Waals surface area contributed by atoms with E-state index in [0.29, 0.717) is 17.0 Å². The van der Waals surface area contributed by atoms with Gasteiger partial charge in [0.05, 0.1) is 11.8 Å². The Bertz CT molecular complexity index is 651. The molecule has 1 aliphatic carbocycles. The maximum absolute atomic E-state index is 12.3. The smallest absolute Gasteiger partial charge is 0.257 e. The van der Waals surface area contributed by atoms with Crippen LogP contribution in [0.5, 0.6) is 5.75 Å². The average Bonchev–Trinajstić information content (AvgIpc) is 3.10. The first-order valence-electron chi connectivity index (χ1n) is 8.03. The van der Waals surface area contributed by atoms with Gasteiger partial charge in [-0.15, -0.1) is 0 Å². The van der Waals surface area contributed by atoms with E-state index in [4.69, 9.17) is 4.74 Å². The van der Waals surface area contributed by atoms with Crippen molar-refractivity contribution >= 4 is 11.6 Å². The third-order valence-electron chi connectivity index (χ3n) is 4.10. The zero-order valence-electron chi connectivity index (χ0n) is 12.9. The van der Waals surface area contributed by atoms with Gasteiger partial charge in [-0.05, 0) is 43.4 Å². The second kappa shape index (κ2) is 7.29. The minimum Gasteiger partial charge on any atom is -0.488 e. The molecule has 1 fully saturated rings. The number of carbonyl (C=O) groups is 1. The predicted molar refractivity (Wildman–Crippen MR) is 89.4 cm³/mol. The maximum atomic E-state index is 12.3. The summed E-state index contributed by atoms with van der Waals surface area (Å²) in [6.45, 7) is 0. The molecule has 4 heteroatoms. The first-order chi connectivity index (χ1) is 11.2. The predicted octanol–water partition coefficient (Wildman–Crippen LogP) is 3.68. The van der Waals surface area contributed by atoms with E-state index in [1.54, 1.807) is 30.3 Å². The molecule has 0 aliphatic heterocycles. The van der Waals surface area contributed by atoms with Gasteiger partial charge in [-0.1, -0.05) is 42.5 Å². The first kappa shape index (κ1) is 15.6. The third-order valence-corrected chi connectivity index (χ3v) is 4.10. The normalized spacial score (nSPS) is 16.0. The zero-order chi connectivity index (χ0) is 16.1. The van der Waals surface area contributed by atoms with Crippen LogP contribution in [-0.2, 0) is 4.79 Å². The lowest BCUT2D eigenvalue weighted by molar-refractivity contribution is -0.124. The minimum absolute atomic E-state index is 0.215. The molecule has 0 radical (unpaired) electrons. The van der Waals surface area contributed by atoms with Crippen LogP contribution in [0.25, 0.3) is 0 Å². The number of benzene rings is 2.